The van der Waals surface area contributed by atoms with Gasteiger partial charge in [0.05, 0.1) is 24.6 Å². The van der Waals surface area contributed by atoms with E-state index in [1.807, 2.05) is 32.0 Å². The molecule has 1 aromatic carbocycles. The highest BCUT2D eigenvalue weighted by Gasteiger charge is 2.07. The molecule has 0 saturated carbocycles. The van der Waals surface area contributed by atoms with Gasteiger partial charge in [0.1, 0.15) is 5.82 Å². The number of hydrogen-bond donors (Lipinski definition) is 2. The SMILES string of the molecule is Cc1cc(C)n(-c2cncc(NCc3cc4ccccc4[nH]3)n2)n1. The second-order valence-corrected chi connectivity index (χ2v) is 5.84. The highest BCUT2D eigenvalue weighted by molar-refractivity contribution is 5.80. The van der Waals surface area contributed by atoms with E-state index >= 15 is 0 Å². The van der Waals surface area contributed by atoms with Gasteiger partial charge in [-0.25, -0.2) is 9.67 Å². The second kappa shape index (κ2) is 5.81. The summed E-state index contributed by atoms with van der Waals surface area (Å²) in [5.74, 6) is 1.43. The maximum Gasteiger partial charge on any atom is 0.174 e. The summed E-state index contributed by atoms with van der Waals surface area (Å²) in [4.78, 5) is 12.3. The first-order valence-corrected chi connectivity index (χ1v) is 7.85. The topological polar surface area (TPSA) is 71.4 Å². The lowest BCUT2D eigenvalue weighted by molar-refractivity contribution is 0.799. The summed E-state index contributed by atoms with van der Waals surface area (Å²) in [6.45, 7) is 4.63. The quantitative estimate of drug-likeness (QED) is 0.605. The number of fused-ring (bicyclic) bond motifs is 1. The average Bonchev–Trinajstić information content (AvgIpc) is 3.15. The van der Waals surface area contributed by atoms with Crippen molar-refractivity contribution < 1.29 is 0 Å². The van der Waals surface area contributed by atoms with Gasteiger partial charge in [-0.2, -0.15) is 5.10 Å². The third kappa shape index (κ3) is 2.74. The molecule has 0 radical (unpaired) electrons. The van der Waals surface area contributed by atoms with Crippen molar-refractivity contribution in [1.82, 2.24) is 24.7 Å². The zero-order chi connectivity index (χ0) is 16.5. The van der Waals surface area contributed by atoms with Gasteiger partial charge in [0.2, 0.25) is 0 Å². The van der Waals surface area contributed by atoms with E-state index in [4.69, 9.17) is 0 Å². The number of H-pyrrole nitrogens is 1. The molecule has 4 aromatic rings. The van der Waals surface area contributed by atoms with Crippen LogP contribution in [0.2, 0.25) is 0 Å². The Labute approximate surface area is 139 Å². The van der Waals surface area contributed by atoms with Crippen LogP contribution in [0.15, 0.2) is 48.8 Å². The molecule has 0 aliphatic rings. The predicted molar refractivity (Wildman–Crippen MR) is 94.3 cm³/mol. The molecule has 24 heavy (non-hydrogen) atoms. The fraction of sp³-hybridized carbons (Fsp3) is 0.167. The predicted octanol–water partition coefficient (Wildman–Crippen LogP) is 3.37. The Balaban J connectivity index is 1.54. The van der Waals surface area contributed by atoms with Crippen molar-refractivity contribution in [3.63, 3.8) is 0 Å². The van der Waals surface area contributed by atoms with Gasteiger partial charge < -0.3 is 10.3 Å². The normalized spacial score (nSPS) is 11.1. The molecule has 0 bridgehead atoms. The van der Waals surface area contributed by atoms with Crippen molar-refractivity contribution in [2.24, 2.45) is 0 Å². The van der Waals surface area contributed by atoms with Crippen molar-refractivity contribution in [3.05, 3.63) is 65.9 Å². The van der Waals surface area contributed by atoms with E-state index in [1.54, 1.807) is 17.1 Å². The van der Waals surface area contributed by atoms with Gasteiger partial charge in [0, 0.05) is 16.9 Å². The molecule has 0 atom stereocenters. The largest absolute Gasteiger partial charge is 0.363 e. The number of aromatic amines is 1. The van der Waals surface area contributed by atoms with Crippen molar-refractivity contribution in [1.29, 1.82) is 0 Å². The highest BCUT2D eigenvalue weighted by Crippen LogP contribution is 2.16. The minimum absolute atomic E-state index is 0.657. The first-order valence-electron chi connectivity index (χ1n) is 7.85. The lowest BCUT2D eigenvalue weighted by atomic mass is 10.2. The Morgan fingerprint density at radius 3 is 2.79 bits per heavy atom. The number of nitrogens with one attached hydrogen (secondary N) is 2. The Kier molecular flexibility index (Phi) is 3.49. The molecule has 6 heteroatoms. The van der Waals surface area contributed by atoms with E-state index in [0.29, 0.717) is 12.4 Å². The summed E-state index contributed by atoms with van der Waals surface area (Å²) in [7, 11) is 0. The van der Waals surface area contributed by atoms with E-state index in [0.717, 1.165) is 28.4 Å². The number of aryl methyl sites for hydroxylation is 2. The molecule has 0 saturated heterocycles. The summed E-state index contributed by atoms with van der Waals surface area (Å²) in [5, 5.41) is 8.97. The second-order valence-electron chi connectivity index (χ2n) is 5.84. The number of rotatable bonds is 4. The first kappa shape index (κ1) is 14.4. The number of hydrogen-bond acceptors (Lipinski definition) is 4. The van der Waals surface area contributed by atoms with Crippen molar-refractivity contribution in [2.45, 2.75) is 20.4 Å². The fourth-order valence-electron chi connectivity index (χ4n) is 2.82. The maximum absolute atomic E-state index is 4.60. The van der Waals surface area contributed by atoms with Gasteiger partial charge in [-0.05, 0) is 37.4 Å². The summed E-state index contributed by atoms with van der Waals surface area (Å²) in [6, 6.07) is 12.4. The molecule has 6 nitrogen and oxygen atoms in total. The highest BCUT2D eigenvalue weighted by atomic mass is 15.3. The molecule has 0 aliphatic carbocycles. The van der Waals surface area contributed by atoms with Crippen LogP contribution in [0.4, 0.5) is 5.82 Å². The van der Waals surface area contributed by atoms with Crippen LogP contribution in [0.3, 0.4) is 0 Å². The lowest BCUT2D eigenvalue weighted by Gasteiger charge is -2.07. The smallest absolute Gasteiger partial charge is 0.174 e. The molecule has 0 spiro atoms. The van der Waals surface area contributed by atoms with Crippen LogP contribution in [-0.2, 0) is 6.54 Å². The zero-order valence-electron chi connectivity index (χ0n) is 13.6. The van der Waals surface area contributed by atoms with Gasteiger partial charge >= 0.3 is 0 Å². The van der Waals surface area contributed by atoms with Crippen molar-refractivity contribution in [2.75, 3.05) is 5.32 Å². The number of aromatic nitrogens is 5. The molecule has 0 unspecified atom stereocenters. The Hall–Kier alpha value is -3.15. The van der Waals surface area contributed by atoms with Crippen molar-refractivity contribution >= 4 is 16.7 Å². The monoisotopic (exact) mass is 318 g/mol. The minimum atomic E-state index is 0.657. The molecule has 0 fully saturated rings. The Morgan fingerprint density at radius 1 is 1.12 bits per heavy atom. The fourth-order valence-corrected chi connectivity index (χ4v) is 2.82. The van der Waals surface area contributed by atoms with Crippen molar-refractivity contribution in [3.8, 4) is 5.82 Å². The molecule has 2 N–H and O–H groups in total. The first-order chi connectivity index (χ1) is 11.7. The molecule has 3 aromatic heterocycles. The minimum Gasteiger partial charge on any atom is -0.363 e. The molecule has 4 rings (SSSR count). The van der Waals surface area contributed by atoms with Gasteiger partial charge in [-0.3, -0.25) is 4.98 Å². The maximum atomic E-state index is 4.60. The zero-order valence-corrected chi connectivity index (χ0v) is 13.6. The third-order valence-electron chi connectivity index (χ3n) is 3.89. The molecule has 3 heterocycles. The molecule has 120 valence electrons. The number of benzene rings is 1. The lowest BCUT2D eigenvalue weighted by Crippen LogP contribution is -2.07. The van der Waals surface area contributed by atoms with Crippen LogP contribution < -0.4 is 5.32 Å². The van der Waals surface area contributed by atoms with Gasteiger partial charge in [-0.1, -0.05) is 18.2 Å². The van der Waals surface area contributed by atoms with Crippen LogP contribution in [0.5, 0.6) is 0 Å². The molecule has 0 aliphatic heterocycles. The molecule has 0 amide bonds. The number of nitrogens with zero attached hydrogens (tertiary/aromatic N) is 4. The van der Waals surface area contributed by atoms with E-state index in [1.165, 1.54) is 5.39 Å². The summed E-state index contributed by atoms with van der Waals surface area (Å²) in [5.41, 5.74) is 4.24. The molecular weight excluding hydrogens is 300 g/mol. The van der Waals surface area contributed by atoms with E-state index < -0.39 is 0 Å². The number of para-hydroxylation sites is 1. The number of anilines is 1. The third-order valence-corrected chi connectivity index (χ3v) is 3.89. The van der Waals surface area contributed by atoms with Crippen LogP contribution >= 0.6 is 0 Å². The Morgan fingerprint density at radius 2 is 2.00 bits per heavy atom. The van der Waals surface area contributed by atoms with Crippen LogP contribution in [0.25, 0.3) is 16.7 Å². The van der Waals surface area contributed by atoms with Crippen LogP contribution in [0, 0.1) is 13.8 Å². The van der Waals surface area contributed by atoms with E-state index in [2.05, 4.69) is 43.6 Å². The van der Waals surface area contributed by atoms with Crippen LogP contribution in [-0.4, -0.2) is 24.7 Å². The summed E-state index contributed by atoms with van der Waals surface area (Å²) in [6.07, 6.45) is 3.44. The standard InChI is InChI=1S/C18H18N6/c1-12-7-13(2)24(23-12)18-11-19-10-17(22-18)20-9-15-8-14-5-3-4-6-16(14)21-15/h3-8,10-11,21H,9H2,1-2H3,(H,20,22). The Bertz CT molecular complexity index is 965. The summed E-state index contributed by atoms with van der Waals surface area (Å²) >= 11 is 0. The van der Waals surface area contributed by atoms with Crippen LogP contribution in [0.1, 0.15) is 17.1 Å². The van der Waals surface area contributed by atoms with E-state index in [9.17, 15) is 0 Å². The van der Waals surface area contributed by atoms with Gasteiger partial charge in [-0.15, -0.1) is 0 Å². The molecular formula is C18H18N6. The van der Waals surface area contributed by atoms with E-state index in [-0.39, 0.29) is 0 Å². The van der Waals surface area contributed by atoms with Gasteiger partial charge in [0.25, 0.3) is 0 Å². The average molecular weight is 318 g/mol. The summed E-state index contributed by atoms with van der Waals surface area (Å²) < 4.78 is 1.80. The van der Waals surface area contributed by atoms with Gasteiger partial charge in [0.15, 0.2) is 5.82 Å².